The normalized spacial score (nSPS) is 18.7. The van der Waals surface area contributed by atoms with Crippen molar-refractivity contribution < 1.29 is 0 Å². The highest BCUT2D eigenvalue weighted by Crippen LogP contribution is 2.41. The van der Waals surface area contributed by atoms with Gasteiger partial charge in [0.2, 0.25) is 0 Å². The van der Waals surface area contributed by atoms with Gasteiger partial charge in [0.05, 0.1) is 8.07 Å². The molecule has 13 heavy (non-hydrogen) atoms. The molecule has 1 heteroatoms. The zero-order valence-corrected chi connectivity index (χ0v) is 10.6. The summed E-state index contributed by atoms with van der Waals surface area (Å²) in [6, 6.07) is 0. The van der Waals surface area contributed by atoms with Gasteiger partial charge >= 0.3 is 0 Å². The number of hydrogen-bond acceptors (Lipinski definition) is 0. The largest absolute Gasteiger partial charge is 0.0854 e. The first-order valence-corrected chi connectivity index (χ1v) is 8.23. The van der Waals surface area contributed by atoms with Crippen LogP contribution in [0.25, 0.3) is 0 Å². The molecule has 0 aliphatic heterocycles. The van der Waals surface area contributed by atoms with Crippen molar-refractivity contribution in [3.8, 4) is 0 Å². The molecule has 0 bridgehead atoms. The SMILES string of the molecule is CC(C)(C)[Si](C)(C)C1=CCCC=C1. The smallest absolute Gasteiger partial charge is 0.0850 e. The van der Waals surface area contributed by atoms with Crippen LogP contribution >= 0.6 is 0 Å². The molecule has 1 aliphatic carbocycles. The predicted octanol–water partition coefficient (Wildman–Crippen LogP) is 4.31. The summed E-state index contributed by atoms with van der Waals surface area (Å²) in [5.41, 5.74) is 0. The van der Waals surface area contributed by atoms with Crippen molar-refractivity contribution in [2.45, 2.75) is 51.7 Å². The zero-order valence-electron chi connectivity index (χ0n) is 9.65. The van der Waals surface area contributed by atoms with Gasteiger partial charge in [0.1, 0.15) is 0 Å². The van der Waals surface area contributed by atoms with E-state index in [0.717, 1.165) is 0 Å². The topological polar surface area (TPSA) is 0 Å². The fourth-order valence-corrected chi connectivity index (χ4v) is 3.57. The van der Waals surface area contributed by atoms with Crippen LogP contribution in [-0.2, 0) is 0 Å². The highest BCUT2D eigenvalue weighted by molar-refractivity contribution is 6.87. The molecule has 0 atom stereocenters. The molecule has 0 amide bonds. The molecule has 0 aromatic rings. The van der Waals surface area contributed by atoms with E-state index in [9.17, 15) is 0 Å². The maximum atomic E-state index is 2.48. The molecular formula is C12H22Si. The van der Waals surface area contributed by atoms with Gasteiger partial charge in [-0.1, -0.05) is 57.3 Å². The Morgan fingerprint density at radius 3 is 2.15 bits per heavy atom. The Balaban J connectivity index is 2.92. The summed E-state index contributed by atoms with van der Waals surface area (Å²) in [5, 5.41) is 2.12. The number of hydrogen-bond donors (Lipinski definition) is 0. The van der Waals surface area contributed by atoms with Gasteiger partial charge in [0, 0.05) is 0 Å². The molecule has 1 aliphatic rings. The van der Waals surface area contributed by atoms with Crippen molar-refractivity contribution in [2.24, 2.45) is 0 Å². The minimum Gasteiger partial charge on any atom is -0.0850 e. The van der Waals surface area contributed by atoms with Crippen LogP contribution < -0.4 is 0 Å². The van der Waals surface area contributed by atoms with Crippen LogP contribution in [0.5, 0.6) is 0 Å². The van der Waals surface area contributed by atoms with Crippen molar-refractivity contribution in [1.29, 1.82) is 0 Å². The second kappa shape index (κ2) is 3.45. The van der Waals surface area contributed by atoms with Crippen LogP contribution in [0, 0.1) is 0 Å². The van der Waals surface area contributed by atoms with E-state index in [0.29, 0.717) is 5.04 Å². The lowest BCUT2D eigenvalue weighted by molar-refractivity contribution is 0.725. The van der Waals surface area contributed by atoms with E-state index in [4.69, 9.17) is 0 Å². The predicted molar refractivity (Wildman–Crippen MR) is 63.7 cm³/mol. The lowest BCUT2D eigenvalue weighted by Gasteiger charge is -2.38. The van der Waals surface area contributed by atoms with Crippen molar-refractivity contribution in [3.05, 3.63) is 23.4 Å². The summed E-state index contributed by atoms with van der Waals surface area (Å²) in [7, 11) is -1.23. The van der Waals surface area contributed by atoms with Crippen LogP contribution in [0.2, 0.25) is 18.1 Å². The lowest BCUT2D eigenvalue weighted by Crippen LogP contribution is -2.39. The van der Waals surface area contributed by atoms with E-state index >= 15 is 0 Å². The third kappa shape index (κ3) is 2.14. The molecule has 0 N–H and O–H groups in total. The van der Waals surface area contributed by atoms with E-state index in [1.165, 1.54) is 12.8 Å². The van der Waals surface area contributed by atoms with Crippen LogP contribution in [0.15, 0.2) is 23.4 Å². The molecule has 0 spiro atoms. The third-order valence-electron chi connectivity index (χ3n) is 3.59. The van der Waals surface area contributed by atoms with Crippen LogP contribution in [0.4, 0.5) is 0 Å². The molecule has 0 saturated carbocycles. The fourth-order valence-electron chi connectivity index (χ4n) is 1.51. The quantitative estimate of drug-likeness (QED) is 0.546. The maximum Gasteiger partial charge on any atom is 0.0854 e. The summed E-state index contributed by atoms with van der Waals surface area (Å²) in [6.45, 7) is 12.1. The molecule has 0 aromatic heterocycles. The summed E-state index contributed by atoms with van der Waals surface area (Å²) in [4.78, 5) is 0. The molecule has 0 fully saturated rings. The average molecular weight is 194 g/mol. The molecular weight excluding hydrogens is 172 g/mol. The van der Waals surface area contributed by atoms with Gasteiger partial charge in [-0.25, -0.2) is 0 Å². The Kier molecular flexibility index (Phi) is 2.86. The summed E-state index contributed by atoms with van der Waals surface area (Å²) < 4.78 is 0. The van der Waals surface area contributed by atoms with Crippen molar-refractivity contribution in [2.75, 3.05) is 0 Å². The summed E-state index contributed by atoms with van der Waals surface area (Å²) >= 11 is 0. The van der Waals surface area contributed by atoms with Gasteiger partial charge < -0.3 is 0 Å². The standard InChI is InChI=1S/C12H22Si/c1-12(2,3)13(4,5)11-9-7-6-8-10-11/h7,9-10H,6,8H2,1-5H3. The van der Waals surface area contributed by atoms with Crippen molar-refractivity contribution >= 4 is 8.07 Å². The monoisotopic (exact) mass is 194 g/mol. The molecule has 0 aromatic carbocycles. The summed E-state index contributed by atoms with van der Waals surface area (Å²) in [5.74, 6) is 0. The van der Waals surface area contributed by atoms with E-state index in [2.05, 4.69) is 52.1 Å². The van der Waals surface area contributed by atoms with Gasteiger partial charge in [-0.2, -0.15) is 0 Å². The first-order chi connectivity index (χ1) is 5.86. The Hall–Kier alpha value is -0.303. The third-order valence-corrected chi connectivity index (χ3v) is 9.16. The molecule has 0 heterocycles. The van der Waals surface area contributed by atoms with Crippen LogP contribution in [0.3, 0.4) is 0 Å². The van der Waals surface area contributed by atoms with E-state index in [1.54, 1.807) is 5.20 Å². The minimum atomic E-state index is -1.23. The molecule has 1 rings (SSSR count). The average Bonchev–Trinajstić information content (AvgIpc) is 2.04. The van der Waals surface area contributed by atoms with Crippen LogP contribution in [-0.4, -0.2) is 8.07 Å². The maximum absolute atomic E-state index is 2.48. The number of rotatable bonds is 1. The fraction of sp³-hybridized carbons (Fsp3) is 0.667. The van der Waals surface area contributed by atoms with Gasteiger partial charge in [0.15, 0.2) is 0 Å². The van der Waals surface area contributed by atoms with Gasteiger partial charge in [-0.15, -0.1) is 0 Å². The Labute approximate surface area is 83.7 Å². The lowest BCUT2D eigenvalue weighted by atomic mass is 10.2. The highest BCUT2D eigenvalue weighted by atomic mass is 28.3. The molecule has 74 valence electrons. The number of allylic oxidation sites excluding steroid dienone is 4. The molecule has 0 radical (unpaired) electrons. The molecule has 0 nitrogen and oxygen atoms in total. The Bertz CT molecular complexity index is 238. The van der Waals surface area contributed by atoms with Crippen LogP contribution in [0.1, 0.15) is 33.6 Å². The summed E-state index contributed by atoms with van der Waals surface area (Å²) in [6.07, 6.45) is 9.63. The van der Waals surface area contributed by atoms with Gasteiger partial charge in [0.25, 0.3) is 0 Å². The second-order valence-electron chi connectivity index (χ2n) is 5.51. The van der Waals surface area contributed by atoms with Crippen molar-refractivity contribution in [3.63, 3.8) is 0 Å². The zero-order chi connectivity index (χ0) is 10.1. The van der Waals surface area contributed by atoms with Gasteiger partial charge in [-0.05, 0) is 17.9 Å². The Morgan fingerprint density at radius 1 is 1.15 bits per heavy atom. The highest BCUT2D eigenvalue weighted by Gasteiger charge is 2.37. The second-order valence-corrected chi connectivity index (χ2v) is 10.8. The van der Waals surface area contributed by atoms with Crippen molar-refractivity contribution in [1.82, 2.24) is 0 Å². The molecule has 0 saturated heterocycles. The van der Waals surface area contributed by atoms with E-state index in [1.807, 2.05) is 0 Å². The van der Waals surface area contributed by atoms with E-state index < -0.39 is 8.07 Å². The first-order valence-electron chi connectivity index (χ1n) is 5.23. The Morgan fingerprint density at radius 2 is 1.77 bits per heavy atom. The molecule has 0 unspecified atom stereocenters. The first kappa shape index (κ1) is 10.8. The van der Waals surface area contributed by atoms with Gasteiger partial charge in [-0.3, -0.25) is 0 Å². The minimum absolute atomic E-state index is 0.473. The van der Waals surface area contributed by atoms with E-state index in [-0.39, 0.29) is 0 Å².